The van der Waals surface area contributed by atoms with E-state index in [1.807, 2.05) is 0 Å². The van der Waals surface area contributed by atoms with Gasteiger partial charge in [0.15, 0.2) is 0 Å². The Morgan fingerprint density at radius 1 is 0.619 bits per heavy atom. The number of benzene rings is 2. The summed E-state index contributed by atoms with van der Waals surface area (Å²) < 4.78 is 0. The van der Waals surface area contributed by atoms with E-state index in [0.717, 1.165) is 5.84 Å². The van der Waals surface area contributed by atoms with E-state index in [1.54, 1.807) is 0 Å². The first-order chi connectivity index (χ1) is 9.77. The van der Waals surface area contributed by atoms with Crippen LogP contribution >= 0.6 is 0 Å². The van der Waals surface area contributed by atoms with Crippen molar-refractivity contribution >= 4 is 28.0 Å². The fourth-order valence-corrected chi connectivity index (χ4v) is 3.63. The first-order valence-electron chi connectivity index (χ1n) is 7.59. The molecular formula is C19H24N2. The Labute approximate surface area is 127 Å². The molecular weight excluding hydrogens is 256 g/mol. The lowest BCUT2D eigenvalue weighted by atomic mass is 9.86. The Hall–Kier alpha value is -1.83. The molecule has 0 atom stereocenters. The van der Waals surface area contributed by atoms with Crippen LogP contribution in [-0.4, -0.2) is 12.9 Å². The molecule has 0 spiro atoms. The van der Waals surface area contributed by atoms with Crippen molar-refractivity contribution in [3.8, 4) is 0 Å². The van der Waals surface area contributed by atoms with Crippen molar-refractivity contribution in [2.24, 2.45) is 4.99 Å². The van der Waals surface area contributed by atoms with Crippen LogP contribution in [0.25, 0.3) is 10.8 Å². The minimum atomic E-state index is 1.07. The molecule has 0 unspecified atom stereocenters. The second-order valence-electron chi connectivity index (χ2n) is 6.42. The van der Waals surface area contributed by atoms with Gasteiger partial charge >= 0.3 is 0 Å². The molecule has 0 fully saturated rings. The predicted molar refractivity (Wildman–Crippen MR) is 93.5 cm³/mol. The van der Waals surface area contributed by atoms with E-state index in [-0.39, 0.29) is 0 Å². The largest absolute Gasteiger partial charge is 0.332 e. The summed E-state index contributed by atoms with van der Waals surface area (Å²) in [4.78, 5) is 7.14. The molecule has 0 N–H and O–H groups in total. The van der Waals surface area contributed by atoms with Gasteiger partial charge in [-0.15, -0.1) is 0 Å². The number of hydrogen-bond acceptors (Lipinski definition) is 2. The van der Waals surface area contributed by atoms with Crippen LogP contribution in [-0.2, 0) is 0 Å². The van der Waals surface area contributed by atoms with Crippen molar-refractivity contribution in [2.75, 3.05) is 11.9 Å². The lowest BCUT2D eigenvalue weighted by Gasteiger charge is -2.32. The molecule has 2 aromatic carbocycles. The molecule has 0 aliphatic carbocycles. The van der Waals surface area contributed by atoms with Gasteiger partial charge in [0, 0.05) is 12.4 Å². The highest BCUT2D eigenvalue weighted by atomic mass is 15.2. The molecule has 0 bridgehead atoms. The van der Waals surface area contributed by atoms with Crippen molar-refractivity contribution < 1.29 is 0 Å². The maximum absolute atomic E-state index is 4.90. The normalized spacial score (nSPS) is 13.9. The fourth-order valence-electron chi connectivity index (χ4n) is 3.63. The van der Waals surface area contributed by atoms with Crippen LogP contribution < -0.4 is 4.90 Å². The van der Waals surface area contributed by atoms with E-state index >= 15 is 0 Å². The van der Waals surface area contributed by atoms with Gasteiger partial charge in [0.1, 0.15) is 5.84 Å². The summed E-state index contributed by atoms with van der Waals surface area (Å²) in [5.41, 5.74) is 10.8. The van der Waals surface area contributed by atoms with Gasteiger partial charge in [-0.1, -0.05) is 0 Å². The van der Waals surface area contributed by atoms with Crippen molar-refractivity contribution in [2.45, 2.75) is 48.5 Å². The second kappa shape index (κ2) is 4.33. The summed E-state index contributed by atoms with van der Waals surface area (Å²) in [6.45, 7) is 15.5. The smallest absolute Gasteiger partial charge is 0.106 e. The molecule has 0 aromatic heterocycles. The monoisotopic (exact) mass is 280 g/mol. The van der Waals surface area contributed by atoms with Gasteiger partial charge in [0.25, 0.3) is 0 Å². The minimum Gasteiger partial charge on any atom is -0.332 e. The summed E-state index contributed by atoms with van der Waals surface area (Å²) >= 11 is 0. The standard InChI is InChI=1S/C19H24N2/c1-9-11(3)16-12(4)10(2)14(6)19-17(16)18(13(9)5)20-15(7)21(19)8/h1-8H3. The quantitative estimate of drug-likeness (QED) is 0.648. The van der Waals surface area contributed by atoms with Gasteiger partial charge in [0.05, 0.1) is 11.4 Å². The summed E-state index contributed by atoms with van der Waals surface area (Å²) in [5, 5.41) is 2.73. The molecule has 21 heavy (non-hydrogen) atoms. The average molecular weight is 280 g/mol. The van der Waals surface area contributed by atoms with Crippen molar-refractivity contribution in [1.82, 2.24) is 0 Å². The van der Waals surface area contributed by atoms with E-state index in [0.29, 0.717) is 0 Å². The number of aliphatic imine (C=N–C) groups is 1. The zero-order valence-electron chi connectivity index (χ0n) is 14.4. The van der Waals surface area contributed by atoms with Gasteiger partial charge in [-0.25, -0.2) is 4.99 Å². The van der Waals surface area contributed by atoms with Gasteiger partial charge in [0.2, 0.25) is 0 Å². The van der Waals surface area contributed by atoms with Crippen LogP contribution in [0.4, 0.5) is 11.4 Å². The van der Waals surface area contributed by atoms with Crippen LogP contribution in [0.15, 0.2) is 4.99 Å². The van der Waals surface area contributed by atoms with Crippen LogP contribution in [0.2, 0.25) is 0 Å². The third-order valence-corrected chi connectivity index (χ3v) is 5.53. The fraction of sp³-hybridized carbons (Fsp3) is 0.421. The molecule has 0 saturated carbocycles. The van der Waals surface area contributed by atoms with E-state index in [2.05, 4.69) is 60.4 Å². The number of amidine groups is 1. The van der Waals surface area contributed by atoms with Crippen molar-refractivity contribution in [3.05, 3.63) is 33.4 Å². The maximum atomic E-state index is 4.90. The van der Waals surface area contributed by atoms with E-state index in [9.17, 15) is 0 Å². The van der Waals surface area contributed by atoms with Crippen LogP contribution in [0, 0.1) is 41.5 Å². The summed E-state index contributed by atoms with van der Waals surface area (Å²) in [5.74, 6) is 1.07. The number of aryl methyl sites for hydroxylation is 2. The van der Waals surface area contributed by atoms with E-state index in [4.69, 9.17) is 4.99 Å². The zero-order valence-corrected chi connectivity index (χ0v) is 14.4. The predicted octanol–water partition coefficient (Wildman–Crippen LogP) is 5.19. The first-order valence-corrected chi connectivity index (χ1v) is 7.59. The molecule has 0 saturated heterocycles. The molecule has 110 valence electrons. The first kappa shape index (κ1) is 14.1. The van der Waals surface area contributed by atoms with Crippen LogP contribution in [0.1, 0.15) is 40.3 Å². The number of nitrogens with zero attached hydrogens (tertiary/aromatic N) is 2. The van der Waals surface area contributed by atoms with Crippen molar-refractivity contribution in [1.29, 1.82) is 0 Å². The average Bonchev–Trinajstić information content (AvgIpc) is 2.45. The SMILES string of the molecule is CC1=Nc2c(C)c(C)c(C)c3c(C)c(C)c(C)c(c23)N1C. The zero-order chi connectivity index (χ0) is 15.6. The van der Waals surface area contributed by atoms with Gasteiger partial charge in [-0.2, -0.15) is 0 Å². The number of anilines is 1. The number of hydrogen-bond donors (Lipinski definition) is 0. The van der Waals surface area contributed by atoms with Gasteiger partial charge in [-0.05, 0) is 87.2 Å². The van der Waals surface area contributed by atoms with E-state index in [1.165, 1.54) is 55.5 Å². The molecule has 3 rings (SSSR count). The highest BCUT2D eigenvalue weighted by Gasteiger charge is 2.25. The molecule has 2 heteroatoms. The summed E-state index contributed by atoms with van der Waals surface area (Å²) in [6, 6.07) is 0. The molecule has 1 heterocycles. The molecule has 1 aliphatic rings. The van der Waals surface area contributed by atoms with Crippen LogP contribution in [0.5, 0.6) is 0 Å². The summed E-state index contributed by atoms with van der Waals surface area (Å²) in [6.07, 6.45) is 0. The Morgan fingerprint density at radius 3 is 1.71 bits per heavy atom. The molecule has 1 aliphatic heterocycles. The minimum absolute atomic E-state index is 1.07. The van der Waals surface area contributed by atoms with Crippen LogP contribution in [0.3, 0.4) is 0 Å². The Bertz CT molecular complexity index is 818. The Morgan fingerprint density at radius 2 is 1.14 bits per heavy atom. The van der Waals surface area contributed by atoms with Gasteiger partial charge in [-0.3, -0.25) is 0 Å². The molecule has 2 nitrogen and oxygen atoms in total. The highest BCUT2D eigenvalue weighted by Crippen LogP contribution is 2.47. The van der Waals surface area contributed by atoms with Gasteiger partial charge < -0.3 is 4.90 Å². The third kappa shape index (κ3) is 1.62. The molecule has 0 radical (unpaired) electrons. The Balaban J connectivity index is 2.71. The topological polar surface area (TPSA) is 15.6 Å². The summed E-state index contributed by atoms with van der Waals surface area (Å²) in [7, 11) is 2.13. The number of rotatable bonds is 0. The Kier molecular flexibility index (Phi) is 2.91. The highest BCUT2D eigenvalue weighted by molar-refractivity contribution is 6.17. The molecule has 0 amide bonds. The van der Waals surface area contributed by atoms with E-state index < -0.39 is 0 Å². The third-order valence-electron chi connectivity index (χ3n) is 5.53. The lowest BCUT2D eigenvalue weighted by molar-refractivity contribution is 1.16. The maximum Gasteiger partial charge on any atom is 0.106 e. The molecule has 2 aromatic rings. The van der Waals surface area contributed by atoms with Crippen molar-refractivity contribution in [3.63, 3.8) is 0 Å². The lowest BCUT2D eigenvalue weighted by Crippen LogP contribution is -2.27. The second-order valence-corrected chi connectivity index (χ2v) is 6.42.